The van der Waals surface area contributed by atoms with E-state index in [1.165, 1.54) is 0 Å². The molecule has 0 saturated heterocycles. The Bertz CT molecular complexity index is 224. The Hall–Kier alpha value is -0.640. The number of rotatable bonds is 5. The van der Waals surface area contributed by atoms with Crippen molar-refractivity contribution in [1.29, 1.82) is 0 Å². The Labute approximate surface area is 91.3 Å². The minimum absolute atomic E-state index is 0.360. The molecule has 0 heterocycles. The summed E-state index contributed by atoms with van der Waals surface area (Å²) in [4.78, 5) is 11.7. The maximum absolute atomic E-state index is 11.3. The lowest BCUT2D eigenvalue weighted by atomic mass is 10.1. The number of hydrogen-bond donors (Lipinski definition) is 2. The molecule has 0 rings (SSSR count). The van der Waals surface area contributed by atoms with Crippen molar-refractivity contribution in [3.05, 3.63) is 10.6 Å². The lowest BCUT2D eigenvalue weighted by molar-refractivity contribution is -0.137. The predicted octanol–water partition coefficient (Wildman–Crippen LogP) is 1.96. The van der Waals surface area contributed by atoms with Crippen LogP contribution in [-0.2, 0) is 9.53 Å². The highest BCUT2D eigenvalue weighted by Crippen LogP contribution is 2.16. The third-order valence-corrected chi connectivity index (χ3v) is 2.12. The van der Waals surface area contributed by atoms with Crippen molar-refractivity contribution in [3.63, 3.8) is 0 Å². The highest BCUT2D eigenvalue weighted by atomic mass is 32.1. The molecule has 0 saturated carbocycles. The predicted molar refractivity (Wildman–Crippen MR) is 61.2 cm³/mol. The number of hydrogen-bond acceptors (Lipinski definition) is 4. The van der Waals surface area contributed by atoms with Gasteiger partial charge in [0.2, 0.25) is 0 Å². The van der Waals surface area contributed by atoms with Gasteiger partial charge in [0.1, 0.15) is 4.91 Å². The van der Waals surface area contributed by atoms with Crippen molar-refractivity contribution in [2.45, 2.75) is 27.2 Å². The molecule has 4 heteroatoms. The van der Waals surface area contributed by atoms with Crippen LogP contribution in [0.3, 0.4) is 0 Å². The van der Waals surface area contributed by atoms with Gasteiger partial charge in [0.25, 0.3) is 0 Å². The summed E-state index contributed by atoms with van der Waals surface area (Å²) in [5.41, 5.74) is 0.835. The molecule has 0 unspecified atom stereocenters. The number of allylic oxidation sites excluding steroid dienone is 1. The first-order valence-electron chi connectivity index (χ1n) is 4.79. The van der Waals surface area contributed by atoms with Gasteiger partial charge in [0.15, 0.2) is 0 Å². The van der Waals surface area contributed by atoms with Gasteiger partial charge in [-0.1, -0.05) is 13.8 Å². The van der Waals surface area contributed by atoms with Crippen LogP contribution >= 0.6 is 12.6 Å². The molecule has 0 aliphatic rings. The second-order valence-corrected chi connectivity index (χ2v) is 3.84. The summed E-state index contributed by atoms with van der Waals surface area (Å²) in [5.74, 6) is 0.120. The molecule has 0 aromatic rings. The number of thiol groups is 1. The molecule has 0 amide bonds. The zero-order valence-corrected chi connectivity index (χ0v) is 10.1. The minimum atomic E-state index is -0.360. The molecular weight excluding hydrogens is 198 g/mol. The van der Waals surface area contributed by atoms with E-state index in [1.54, 1.807) is 14.0 Å². The Balaban J connectivity index is 4.56. The molecule has 0 aromatic carbocycles. The summed E-state index contributed by atoms with van der Waals surface area (Å²) >= 11 is 4.15. The van der Waals surface area contributed by atoms with Gasteiger partial charge in [0.05, 0.1) is 6.61 Å². The minimum Gasteiger partial charge on any atom is -0.462 e. The van der Waals surface area contributed by atoms with Gasteiger partial charge in [-0.15, -0.1) is 12.6 Å². The second kappa shape index (κ2) is 6.76. The molecular formula is C10H19NO2S. The maximum atomic E-state index is 11.3. The largest absolute Gasteiger partial charge is 0.462 e. The quantitative estimate of drug-likeness (QED) is 0.420. The van der Waals surface area contributed by atoms with E-state index in [1.807, 2.05) is 0 Å². The third kappa shape index (κ3) is 4.56. The van der Waals surface area contributed by atoms with Crippen molar-refractivity contribution in [2.24, 2.45) is 5.92 Å². The van der Waals surface area contributed by atoms with E-state index >= 15 is 0 Å². The molecule has 0 atom stereocenters. The summed E-state index contributed by atoms with van der Waals surface area (Å²) in [7, 11) is 1.78. The number of ether oxygens (including phenoxy) is 1. The number of carbonyl (C=O) groups excluding carboxylic acids is 1. The van der Waals surface area contributed by atoms with E-state index < -0.39 is 0 Å². The molecule has 0 radical (unpaired) electrons. The van der Waals surface area contributed by atoms with E-state index in [4.69, 9.17) is 4.74 Å². The second-order valence-electron chi connectivity index (χ2n) is 3.40. The summed E-state index contributed by atoms with van der Waals surface area (Å²) in [6.45, 7) is 6.33. The van der Waals surface area contributed by atoms with Crippen molar-refractivity contribution >= 4 is 18.6 Å². The van der Waals surface area contributed by atoms with Crippen molar-refractivity contribution in [1.82, 2.24) is 5.32 Å². The van der Waals surface area contributed by atoms with Crippen LogP contribution in [0, 0.1) is 5.92 Å². The van der Waals surface area contributed by atoms with E-state index in [0.717, 1.165) is 12.1 Å². The zero-order chi connectivity index (χ0) is 11.1. The van der Waals surface area contributed by atoms with Gasteiger partial charge < -0.3 is 10.1 Å². The lowest BCUT2D eigenvalue weighted by Gasteiger charge is -2.12. The van der Waals surface area contributed by atoms with Crippen molar-refractivity contribution in [2.75, 3.05) is 13.7 Å². The van der Waals surface area contributed by atoms with Crippen LogP contribution in [0.4, 0.5) is 0 Å². The molecule has 0 bridgehead atoms. The SMILES string of the molecule is CCOC(=O)C(S)=C(CC(C)C)NC. The average molecular weight is 217 g/mol. The monoisotopic (exact) mass is 217 g/mol. The highest BCUT2D eigenvalue weighted by Gasteiger charge is 2.12. The van der Waals surface area contributed by atoms with Gasteiger partial charge >= 0.3 is 5.97 Å². The van der Waals surface area contributed by atoms with Gasteiger partial charge in [-0.05, 0) is 19.3 Å². The van der Waals surface area contributed by atoms with Crippen molar-refractivity contribution < 1.29 is 9.53 Å². The summed E-state index contributed by atoms with van der Waals surface area (Å²) in [6, 6.07) is 0. The van der Waals surface area contributed by atoms with Gasteiger partial charge in [-0.25, -0.2) is 4.79 Å². The highest BCUT2D eigenvalue weighted by molar-refractivity contribution is 7.85. The van der Waals surface area contributed by atoms with Gasteiger partial charge in [0, 0.05) is 12.7 Å². The Morgan fingerprint density at radius 1 is 1.50 bits per heavy atom. The first-order chi connectivity index (χ1) is 6.52. The topological polar surface area (TPSA) is 38.3 Å². The lowest BCUT2D eigenvalue weighted by Crippen LogP contribution is -2.15. The van der Waals surface area contributed by atoms with Gasteiger partial charge in [-0.3, -0.25) is 0 Å². The molecule has 0 aliphatic carbocycles. The van der Waals surface area contributed by atoms with Crippen LogP contribution in [0.25, 0.3) is 0 Å². The summed E-state index contributed by atoms with van der Waals surface area (Å²) in [5, 5.41) is 2.97. The first kappa shape index (κ1) is 13.4. The van der Waals surface area contributed by atoms with Crippen LogP contribution in [0.1, 0.15) is 27.2 Å². The number of nitrogens with one attached hydrogen (secondary N) is 1. The molecule has 3 nitrogen and oxygen atoms in total. The van der Waals surface area contributed by atoms with Crippen molar-refractivity contribution in [3.8, 4) is 0 Å². The fourth-order valence-corrected chi connectivity index (χ4v) is 1.32. The fraction of sp³-hybridized carbons (Fsp3) is 0.700. The Kier molecular flexibility index (Phi) is 6.45. The molecule has 0 fully saturated rings. The number of carbonyl (C=O) groups is 1. The van der Waals surface area contributed by atoms with Crippen LogP contribution in [0.5, 0.6) is 0 Å². The van der Waals surface area contributed by atoms with Crippen LogP contribution in [0.2, 0.25) is 0 Å². The standard InChI is InChI=1S/C10H19NO2S/c1-5-13-10(12)9(14)8(11-4)6-7(2)3/h7,11,14H,5-6H2,1-4H3. The van der Waals surface area contributed by atoms with E-state index in [-0.39, 0.29) is 5.97 Å². The fourth-order valence-electron chi connectivity index (χ4n) is 1.05. The van der Waals surface area contributed by atoms with Gasteiger partial charge in [-0.2, -0.15) is 0 Å². The van der Waals surface area contributed by atoms with Crippen LogP contribution < -0.4 is 5.32 Å². The van der Waals surface area contributed by atoms with E-state index in [9.17, 15) is 4.79 Å². The Morgan fingerprint density at radius 2 is 2.07 bits per heavy atom. The Morgan fingerprint density at radius 3 is 2.43 bits per heavy atom. The molecule has 14 heavy (non-hydrogen) atoms. The van der Waals surface area contributed by atoms with E-state index in [0.29, 0.717) is 17.4 Å². The third-order valence-electron chi connectivity index (χ3n) is 1.67. The van der Waals surface area contributed by atoms with Crippen LogP contribution in [-0.4, -0.2) is 19.6 Å². The van der Waals surface area contributed by atoms with Crippen LogP contribution in [0.15, 0.2) is 10.6 Å². The molecule has 0 aromatic heterocycles. The molecule has 0 spiro atoms. The molecule has 82 valence electrons. The maximum Gasteiger partial charge on any atom is 0.346 e. The smallest absolute Gasteiger partial charge is 0.346 e. The molecule has 1 N–H and O–H groups in total. The summed E-state index contributed by atoms with van der Waals surface area (Å²) in [6.07, 6.45) is 0.800. The average Bonchev–Trinajstić information content (AvgIpc) is 2.13. The molecule has 0 aliphatic heterocycles. The number of esters is 1. The normalized spacial score (nSPS) is 12.4. The summed E-state index contributed by atoms with van der Waals surface area (Å²) < 4.78 is 4.85. The first-order valence-corrected chi connectivity index (χ1v) is 5.24. The van der Waals surface area contributed by atoms with E-state index in [2.05, 4.69) is 31.8 Å². The zero-order valence-electron chi connectivity index (χ0n) is 9.26.